The molecule has 0 aliphatic heterocycles. The van der Waals surface area contributed by atoms with Crippen LogP contribution in [0.1, 0.15) is 5.69 Å². The third-order valence-corrected chi connectivity index (χ3v) is 2.23. The Kier molecular flexibility index (Phi) is 2.77. The fourth-order valence-corrected chi connectivity index (χ4v) is 1.36. The molecule has 2 aromatic rings. The molecule has 0 amide bonds. The van der Waals surface area contributed by atoms with Gasteiger partial charge < -0.3 is 4.57 Å². The van der Waals surface area contributed by atoms with E-state index in [1.807, 2.05) is 0 Å². The fraction of sp³-hybridized carbons (Fsp3) is 0.100. The number of hydrogen-bond acceptors (Lipinski definition) is 3. The lowest BCUT2D eigenvalue weighted by molar-refractivity contribution is -0.384. The van der Waals surface area contributed by atoms with Crippen molar-refractivity contribution in [1.82, 2.24) is 9.55 Å². The molecule has 0 spiro atoms. The molecule has 1 aromatic carbocycles. The Morgan fingerprint density at radius 1 is 1.22 bits per heavy atom. The van der Waals surface area contributed by atoms with Gasteiger partial charge >= 0.3 is 6.18 Å². The molecule has 0 radical (unpaired) electrons. The maximum atomic E-state index is 12.3. The van der Waals surface area contributed by atoms with Crippen LogP contribution in [0.2, 0.25) is 0 Å². The maximum Gasteiger partial charge on any atom is 0.434 e. The lowest BCUT2D eigenvalue weighted by Gasteiger charge is -2.02. The van der Waals surface area contributed by atoms with Gasteiger partial charge in [0.2, 0.25) is 0 Å². The summed E-state index contributed by atoms with van der Waals surface area (Å²) in [6, 6.07) is 5.12. The Morgan fingerprint density at radius 2 is 1.83 bits per heavy atom. The molecule has 0 aliphatic carbocycles. The predicted molar refractivity (Wildman–Crippen MR) is 55.2 cm³/mol. The van der Waals surface area contributed by atoms with Crippen molar-refractivity contribution in [2.45, 2.75) is 6.18 Å². The van der Waals surface area contributed by atoms with Crippen LogP contribution in [-0.4, -0.2) is 14.5 Å². The molecule has 0 fully saturated rings. The van der Waals surface area contributed by atoms with E-state index in [2.05, 4.69) is 4.98 Å². The lowest BCUT2D eigenvalue weighted by atomic mass is 10.3. The van der Waals surface area contributed by atoms with Gasteiger partial charge in [0, 0.05) is 24.0 Å². The summed E-state index contributed by atoms with van der Waals surface area (Å²) >= 11 is 0. The molecule has 0 saturated carbocycles. The molecule has 2 rings (SSSR count). The average molecular weight is 257 g/mol. The number of halogens is 3. The van der Waals surface area contributed by atoms with Crippen molar-refractivity contribution < 1.29 is 18.1 Å². The number of nitro benzene ring substituents is 1. The second-order valence-corrected chi connectivity index (χ2v) is 3.44. The fourth-order valence-electron chi connectivity index (χ4n) is 1.36. The van der Waals surface area contributed by atoms with Crippen molar-refractivity contribution in [3.63, 3.8) is 0 Å². The smallest absolute Gasteiger partial charge is 0.306 e. The molecule has 18 heavy (non-hydrogen) atoms. The summed E-state index contributed by atoms with van der Waals surface area (Å²) in [4.78, 5) is 13.1. The SMILES string of the molecule is O=[N+]([O-])c1ccc(-n2cnc(C(F)(F)F)c2)cc1. The van der Waals surface area contributed by atoms with Crippen LogP contribution >= 0.6 is 0 Å². The summed E-state index contributed by atoms with van der Waals surface area (Å²) < 4.78 is 38.1. The van der Waals surface area contributed by atoms with Gasteiger partial charge in [-0.1, -0.05) is 0 Å². The van der Waals surface area contributed by atoms with Gasteiger partial charge in [-0.2, -0.15) is 13.2 Å². The van der Waals surface area contributed by atoms with Gasteiger partial charge in [-0.3, -0.25) is 10.1 Å². The van der Waals surface area contributed by atoms with Gasteiger partial charge in [-0.15, -0.1) is 0 Å². The molecule has 0 saturated heterocycles. The average Bonchev–Trinajstić information content (AvgIpc) is 2.78. The third kappa shape index (κ3) is 2.31. The Hall–Kier alpha value is -2.38. The van der Waals surface area contributed by atoms with Crippen molar-refractivity contribution in [3.8, 4) is 5.69 Å². The predicted octanol–water partition coefficient (Wildman–Crippen LogP) is 2.80. The molecule has 0 atom stereocenters. The zero-order chi connectivity index (χ0) is 13.3. The van der Waals surface area contributed by atoms with E-state index < -0.39 is 16.8 Å². The maximum absolute atomic E-state index is 12.3. The van der Waals surface area contributed by atoms with E-state index in [-0.39, 0.29) is 5.69 Å². The van der Waals surface area contributed by atoms with Gasteiger partial charge in [0.1, 0.15) is 0 Å². The van der Waals surface area contributed by atoms with Crippen molar-refractivity contribution in [2.75, 3.05) is 0 Å². The summed E-state index contributed by atoms with van der Waals surface area (Å²) in [7, 11) is 0. The highest BCUT2D eigenvalue weighted by Crippen LogP contribution is 2.28. The number of rotatable bonds is 2. The van der Waals surface area contributed by atoms with Crippen molar-refractivity contribution >= 4 is 5.69 Å². The number of aromatic nitrogens is 2. The summed E-state index contributed by atoms with van der Waals surface area (Å²) in [5.74, 6) is 0. The Morgan fingerprint density at radius 3 is 2.28 bits per heavy atom. The second-order valence-electron chi connectivity index (χ2n) is 3.44. The quantitative estimate of drug-likeness (QED) is 0.613. The molecular weight excluding hydrogens is 251 g/mol. The highest BCUT2D eigenvalue weighted by Gasteiger charge is 2.33. The first-order valence-corrected chi connectivity index (χ1v) is 4.74. The number of alkyl halides is 3. The van der Waals surface area contributed by atoms with E-state index in [1.54, 1.807) is 0 Å². The minimum atomic E-state index is -4.51. The van der Waals surface area contributed by atoms with E-state index in [4.69, 9.17) is 0 Å². The van der Waals surface area contributed by atoms with E-state index in [0.717, 1.165) is 17.1 Å². The standard InChI is InChI=1S/C10H6F3N3O2/c11-10(12,13)9-5-15(6-14-9)7-1-3-8(4-2-7)16(17)18/h1-6H. The third-order valence-electron chi connectivity index (χ3n) is 2.23. The van der Waals surface area contributed by atoms with E-state index >= 15 is 0 Å². The summed E-state index contributed by atoms with van der Waals surface area (Å²) in [5, 5.41) is 10.4. The van der Waals surface area contributed by atoms with E-state index in [9.17, 15) is 23.3 Å². The lowest BCUT2D eigenvalue weighted by Crippen LogP contribution is -2.04. The zero-order valence-electron chi connectivity index (χ0n) is 8.76. The number of nitrogens with zero attached hydrogens (tertiary/aromatic N) is 3. The number of nitro groups is 1. The molecule has 94 valence electrons. The first-order chi connectivity index (χ1) is 8.38. The highest BCUT2D eigenvalue weighted by molar-refractivity contribution is 5.41. The Bertz CT molecular complexity index is 575. The number of benzene rings is 1. The molecule has 0 N–H and O–H groups in total. The van der Waals surface area contributed by atoms with Crippen LogP contribution in [0, 0.1) is 10.1 Å². The normalized spacial score (nSPS) is 11.5. The number of imidazole rings is 1. The Labute approximate surface area is 98.6 Å². The zero-order valence-corrected chi connectivity index (χ0v) is 8.76. The monoisotopic (exact) mass is 257 g/mol. The topological polar surface area (TPSA) is 61.0 Å². The largest absolute Gasteiger partial charge is 0.434 e. The van der Waals surface area contributed by atoms with Crippen LogP contribution in [0.4, 0.5) is 18.9 Å². The van der Waals surface area contributed by atoms with Crippen LogP contribution in [0.5, 0.6) is 0 Å². The van der Waals surface area contributed by atoms with Gasteiger partial charge in [-0.05, 0) is 12.1 Å². The molecular formula is C10H6F3N3O2. The van der Waals surface area contributed by atoms with Crippen LogP contribution in [-0.2, 0) is 6.18 Å². The summed E-state index contributed by atoms with van der Waals surface area (Å²) in [6.07, 6.45) is -2.68. The van der Waals surface area contributed by atoms with Gasteiger partial charge in [0.25, 0.3) is 5.69 Å². The van der Waals surface area contributed by atoms with Gasteiger partial charge in [-0.25, -0.2) is 4.98 Å². The van der Waals surface area contributed by atoms with Crippen LogP contribution in [0.25, 0.3) is 5.69 Å². The van der Waals surface area contributed by atoms with Gasteiger partial charge in [0.15, 0.2) is 5.69 Å². The first-order valence-electron chi connectivity index (χ1n) is 4.74. The van der Waals surface area contributed by atoms with E-state index in [0.29, 0.717) is 5.69 Å². The minimum Gasteiger partial charge on any atom is -0.306 e. The van der Waals surface area contributed by atoms with E-state index in [1.165, 1.54) is 24.3 Å². The minimum absolute atomic E-state index is 0.130. The van der Waals surface area contributed by atoms with Crippen LogP contribution < -0.4 is 0 Å². The van der Waals surface area contributed by atoms with Crippen molar-refractivity contribution in [1.29, 1.82) is 0 Å². The number of hydrogen-bond donors (Lipinski definition) is 0. The summed E-state index contributed by atoms with van der Waals surface area (Å²) in [5.41, 5.74) is -0.778. The van der Waals surface area contributed by atoms with Crippen LogP contribution in [0.3, 0.4) is 0 Å². The molecule has 1 aromatic heterocycles. The summed E-state index contributed by atoms with van der Waals surface area (Å²) in [6.45, 7) is 0. The molecule has 0 unspecified atom stereocenters. The molecule has 0 bridgehead atoms. The molecule has 8 heteroatoms. The first kappa shape index (κ1) is 12.1. The van der Waals surface area contributed by atoms with Crippen LogP contribution in [0.15, 0.2) is 36.8 Å². The van der Waals surface area contributed by atoms with Crippen molar-refractivity contribution in [2.24, 2.45) is 0 Å². The second kappa shape index (κ2) is 4.13. The molecule has 5 nitrogen and oxygen atoms in total. The molecule has 0 aliphatic rings. The van der Waals surface area contributed by atoms with Gasteiger partial charge in [0.05, 0.1) is 11.3 Å². The number of non-ortho nitro benzene ring substituents is 1. The Balaban J connectivity index is 2.32. The molecule has 1 heterocycles. The highest BCUT2D eigenvalue weighted by atomic mass is 19.4. The van der Waals surface area contributed by atoms with Crippen molar-refractivity contribution in [3.05, 3.63) is 52.6 Å².